The fraction of sp³-hybridized carbons (Fsp3) is 0.843. The summed E-state index contributed by atoms with van der Waals surface area (Å²) in [5, 5.41) is 30.1. The first-order valence-electron chi connectivity index (χ1n) is 34.0. The van der Waals surface area contributed by atoms with Gasteiger partial charge in [-0.2, -0.15) is 0 Å². The number of Topliss-reactive ketones (excluding diaryl/α,β-unsaturated/α-hetero) is 1. The predicted octanol–water partition coefficient (Wildman–Crippen LogP) is 6.99. The van der Waals surface area contributed by atoms with E-state index in [1.54, 1.807) is 32.9 Å². The van der Waals surface area contributed by atoms with E-state index in [1.807, 2.05) is 107 Å². The van der Waals surface area contributed by atoms with E-state index in [9.17, 15) is 34.2 Å². The van der Waals surface area contributed by atoms with Crippen molar-refractivity contribution in [3.8, 4) is 0 Å². The molecule has 9 aliphatic heterocycles. The largest absolute Gasteiger partial charge is 0.487 e. The average Bonchev–Trinajstić information content (AvgIpc) is 0.934. The van der Waals surface area contributed by atoms with Gasteiger partial charge in [-0.25, -0.2) is 4.79 Å². The minimum absolute atomic E-state index is 0.0247. The number of aliphatic hydroxyl groups is 2. The van der Waals surface area contributed by atoms with Crippen molar-refractivity contribution in [1.82, 2.24) is 20.4 Å². The minimum atomic E-state index is -1.67. The molecule has 8 saturated heterocycles. The average molecular weight is 1300 g/mol. The standard InChI is InChI=1S/2C35H58N2O9/c1-12-23-18-42-33(7)16-19(3)17-36-22(6)24-15-27(38)46-35(24,9)26(13-2)44-32(41)34(23,8)29(40)21(5)30(33)45-31-28(39)25(37(10)11)14-20(4)43-31;1-12-24-18-41-34(8)16-19(3)17-36-23(7)25-15-28(38)46-35(25,9)27(13-2)44-32(40)22(6)30(43-24)21(5)31(34)45-33-29(39)26(37(10)11)14-20(4)42-33/h12,19-26,28,30-31,36,39H,1,13-18H2,2-11H3;12,19-21,23-27,29,31,33,36,39H,1,13-18H2,2-11H3/t19-,20?,21+,22-,23?,24-,25?,26-,28?,30-,31?,33+,34-,35+;19-,20?,21+,23-,24?,25-,26?,27-,29?,31-,33?,34+,35+/m11/s1. The molecule has 22 nitrogen and oxygen atoms in total. The van der Waals surface area contributed by atoms with Gasteiger partial charge in [-0.15, -0.1) is 6.58 Å². The number of hydrogen-bond donors (Lipinski definition) is 4. The highest BCUT2D eigenvalue weighted by molar-refractivity contribution is 6.05. The number of carbonyl (C=O) groups is 5. The minimum Gasteiger partial charge on any atom is -0.487 e. The number of cyclic esters (lactones) is 1. The summed E-state index contributed by atoms with van der Waals surface area (Å²) in [7, 11) is 7.70. The van der Waals surface area contributed by atoms with Crippen LogP contribution in [0.25, 0.3) is 0 Å². The summed E-state index contributed by atoms with van der Waals surface area (Å²) in [6.45, 7) is 40.1. The third kappa shape index (κ3) is 15.6. The molecule has 0 aromatic heterocycles. The van der Waals surface area contributed by atoms with Gasteiger partial charge in [0.2, 0.25) is 0 Å². The molecule has 0 amide bonds. The molecule has 92 heavy (non-hydrogen) atoms. The highest BCUT2D eigenvalue weighted by atomic mass is 16.7. The topological polar surface area (TPSA) is 258 Å². The maximum Gasteiger partial charge on any atom is 0.337 e. The third-order valence-corrected chi connectivity index (χ3v) is 22.1. The summed E-state index contributed by atoms with van der Waals surface area (Å²) in [5.41, 5.74) is -5.35. The highest BCUT2D eigenvalue weighted by Gasteiger charge is 2.61. The van der Waals surface area contributed by atoms with Crippen molar-refractivity contribution < 1.29 is 86.3 Å². The van der Waals surface area contributed by atoms with Gasteiger partial charge in [0.25, 0.3) is 0 Å². The number of aliphatic hydroxyl groups excluding tert-OH is 2. The summed E-state index contributed by atoms with van der Waals surface area (Å²) < 4.78 is 70.2. The van der Waals surface area contributed by atoms with E-state index >= 15 is 0 Å². The number of nitrogens with zero attached hydrogens (tertiary/aromatic N) is 2. The van der Waals surface area contributed by atoms with Crippen LogP contribution in [-0.4, -0.2) is 218 Å². The Labute approximate surface area is 548 Å². The first-order valence-corrected chi connectivity index (χ1v) is 34.0. The molecule has 22 heteroatoms. The van der Waals surface area contributed by atoms with Crippen molar-refractivity contribution in [3.05, 3.63) is 36.6 Å². The van der Waals surface area contributed by atoms with Gasteiger partial charge in [-0.3, -0.25) is 19.2 Å². The van der Waals surface area contributed by atoms with Crippen LogP contribution in [0.5, 0.6) is 0 Å². The molecule has 10 unspecified atom stereocenters. The third-order valence-electron chi connectivity index (χ3n) is 22.1. The van der Waals surface area contributed by atoms with E-state index in [-0.39, 0.29) is 104 Å². The van der Waals surface area contributed by atoms with Crippen molar-refractivity contribution in [1.29, 1.82) is 0 Å². The molecule has 0 aromatic rings. The number of fused-ring (bicyclic) bond motifs is 14. The van der Waals surface area contributed by atoms with Crippen molar-refractivity contribution >= 4 is 29.7 Å². The quantitative estimate of drug-likeness (QED) is 0.0743. The van der Waals surface area contributed by atoms with E-state index in [2.05, 4.69) is 44.6 Å². The van der Waals surface area contributed by atoms with Crippen LogP contribution in [0, 0.1) is 46.8 Å². The number of rotatable bonds is 10. The Morgan fingerprint density at radius 1 is 0.620 bits per heavy atom. The molecular formula is C70H116N4O18. The number of esters is 4. The lowest BCUT2D eigenvalue weighted by Gasteiger charge is -2.50. The maximum atomic E-state index is 14.8. The van der Waals surface area contributed by atoms with Crippen molar-refractivity contribution in [2.75, 3.05) is 54.5 Å². The monoisotopic (exact) mass is 1300 g/mol. The molecule has 4 bridgehead atoms. The Kier molecular flexibility index (Phi) is 24.8. The maximum absolute atomic E-state index is 14.8. The van der Waals surface area contributed by atoms with Crippen LogP contribution in [0.3, 0.4) is 0 Å². The first kappa shape index (κ1) is 75.5. The van der Waals surface area contributed by atoms with Crippen LogP contribution in [0.4, 0.5) is 0 Å². The summed E-state index contributed by atoms with van der Waals surface area (Å²) >= 11 is 0. The summed E-state index contributed by atoms with van der Waals surface area (Å²) in [5.74, 6) is -4.21. The molecule has 27 atom stereocenters. The van der Waals surface area contributed by atoms with E-state index in [0.717, 1.165) is 0 Å². The first-order chi connectivity index (χ1) is 43.0. The molecule has 0 radical (unpaired) electrons. The van der Waals surface area contributed by atoms with E-state index < -0.39 is 113 Å². The summed E-state index contributed by atoms with van der Waals surface area (Å²) in [4.78, 5) is 72.5. The number of likely N-dealkylation sites (N-methyl/N-ethyl adjacent to an activating group) is 2. The second-order valence-electron chi connectivity index (χ2n) is 29.9. The van der Waals surface area contributed by atoms with Gasteiger partial charge in [-0.05, 0) is 167 Å². The van der Waals surface area contributed by atoms with Crippen LogP contribution in [0.2, 0.25) is 0 Å². The fourth-order valence-electron chi connectivity index (χ4n) is 16.6. The number of nitrogens with one attached hydrogen (secondary N) is 2. The molecule has 0 aromatic carbocycles. The molecule has 0 aliphatic carbocycles. The number of ether oxygens (including phenoxy) is 11. The van der Waals surface area contributed by atoms with Crippen LogP contribution in [0.15, 0.2) is 36.6 Å². The Morgan fingerprint density at radius 2 is 1.05 bits per heavy atom. The zero-order valence-corrected chi connectivity index (χ0v) is 59.1. The zero-order valence-electron chi connectivity index (χ0n) is 59.1. The van der Waals surface area contributed by atoms with Crippen LogP contribution < -0.4 is 10.6 Å². The molecular weight excluding hydrogens is 1180 g/mol. The van der Waals surface area contributed by atoms with Gasteiger partial charge < -0.3 is 82.8 Å². The predicted molar refractivity (Wildman–Crippen MR) is 344 cm³/mol. The number of hydrogen-bond acceptors (Lipinski definition) is 22. The van der Waals surface area contributed by atoms with E-state index in [0.29, 0.717) is 62.9 Å². The van der Waals surface area contributed by atoms with Crippen LogP contribution >= 0.6 is 0 Å². The molecule has 0 spiro atoms. The second kappa shape index (κ2) is 30.2. The van der Waals surface area contributed by atoms with Gasteiger partial charge in [0.05, 0.1) is 67.2 Å². The van der Waals surface area contributed by atoms with Crippen molar-refractivity contribution in [2.24, 2.45) is 46.8 Å². The molecule has 524 valence electrons. The summed E-state index contributed by atoms with van der Waals surface area (Å²) in [6.07, 6.45) is -0.743. The van der Waals surface area contributed by atoms with Crippen molar-refractivity contribution in [3.63, 3.8) is 0 Å². The smallest absolute Gasteiger partial charge is 0.337 e. The Morgan fingerprint density at radius 3 is 1.48 bits per heavy atom. The summed E-state index contributed by atoms with van der Waals surface area (Å²) in [6, 6.07) is -0.603. The lowest BCUT2D eigenvalue weighted by molar-refractivity contribution is -0.303. The molecule has 4 N–H and O–H groups in total. The highest BCUT2D eigenvalue weighted by Crippen LogP contribution is 2.48. The van der Waals surface area contributed by atoms with Gasteiger partial charge in [0.15, 0.2) is 29.6 Å². The van der Waals surface area contributed by atoms with E-state index in [4.69, 9.17) is 52.1 Å². The lowest BCUT2D eigenvalue weighted by Crippen LogP contribution is -2.62. The van der Waals surface area contributed by atoms with Crippen LogP contribution in [-0.2, 0) is 76.1 Å². The second-order valence-corrected chi connectivity index (χ2v) is 29.9. The Bertz CT molecular complexity index is 2640. The SMILES string of the molecule is C=CC1CO[C@@]2(C)C[C@@H](C)CN[C@H](C)[C@H]3CC(=O)O[C@]3(C)[C@@H](CC)OC(=O)C(C)=C(O1)[C@H](C)[C@H]2OC1OC(C)CC(N(C)C)C1O.C=CC1CO[C@@]2(C)C[C@@H](C)CN[C@H](C)[C@H]3CC(=O)O[C@]3(C)[C@@H](CC)OC(=O)[C@@]1(C)C(=O)[C@H](C)[C@H]2OC1OC(C)CC(N(C)C)C1O. The Balaban J connectivity index is 0.000000261. The normalized spacial score (nSPS) is 46.2. The van der Waals surface area contributed by atoms with Crippen LogP contribution in [0.1, 0.15) is 162 Å². The van der Waals surface area contributed by atoms with Crippen molar-refractivity contribution in [2.45, 2.75) is 276 Å². The van der Waals surface area contributed by atoms with Gasteiger partial charge in [-0.1, -0.05) is 54.2 Å². The lowest BCUT2D eigenvalue weighted by atomic mass is 9.66. The fourth-order valence-corrected chi connectivity index (χ4v) is 16.6. The Hall–Kier alpha value is -3.91. The van der Waals surface area contributed by atoms with E-state index in [1.165, 1.54) is 0 Å². The van der Waals surface area contributed by atoms with Gasteiger partial charge in [0, 0.05) is 53.8 Å². The molecule has 9 heterocycles. The molecule has 8 fully saturated rings. The molecule has 9 aliphatic rings. The number of carbonyl (C=O) groups excluding carboxylic acids is 5. The zero-order chi connectivity index (χ0) is 68.5. The molecule has 9 rings (SSSR count). The van der Waals surface area contributed by atoms with Gasteiger partial charge in [0.1, 0.15) is 41.7 Å². The molecule has 0 saturated carbocycles. The number of ketones is 1. The van der Waals surface area contributed by atoms with Gasteiger partial charge >= 0.3 is 23.9 Å².